The summed E-state index contributed by atoms with van der Waals surface area (Å²) in [5.74, 6) is 1.60. The Balaban J connectivity index is 1.93. The Kier molecular flexibility index (Phi) is 5.60. The van der Waals surface area contributed by atoms with Crippen molar-refractivity contribution in [2.75, 3.05) is 24.2 Å². The third-order valence-corrected chi connectivity index (χ3v) is 3.47. The number of rotatable bonds is 8. The van der Waals surface area contributed by atoms with Crippen molar-refractivity contribution in [1.29, 1.82) is 0 Å². The van der Waals surface area contributed by atoms with Crippen molar-refractivity contribution in [2.24, 2.45) is 0 Å². The summed E-state index contributed by atoms with van der Waals surface area (Å²) in [7, 11) is 0. The Morgan fingerprint density at radius 3 is 2.81 bits per heavy atom. The van der Waals surface area contributed by atoms with Gasteiger partial charge >= 0.3 is 0 Å². The van der Waals surface area contributed by atoms with Crippen molar-refractivity contribution in [2.45, 2.75) is 39.5 Å². The van der Waals surface area contributed by atoms with Crippen LogP contribution in [0, 0.1) is 0 Å². The number of anilines is 2. The molecule has 0 fully saturated rings. The van der Waals surface area contributed by atoms with E-state index in [0.717, 1.165) is 32.2 Å². The Hall–Kier alpha value is -2.04. The van der Waals surface area contributed by atoms with E-state index >= 15 is 0 Å². The topological polar surface area (TPSA) is 73.1 Å². The molecule has 2 rings (SSSR count). The van der Waals surface area contributed by atoms with Crippen molar-refractivity contribution in [1.82, 2.24) is 9.97 Å². The molecule has 1 aromatic rings. The number of unbranched alkanes of at least 4 members (excludes halogenated alkanes) is 1. The van der Waals surface area contributed by atoms with Gasteiger partial charge in [-0.05, 0) is 24.8 Å². The van der Waals surface area contributed by atoms with E-state index in [1.165, 1.54) is 11.1 Å². The van der Waals surface area contributed by atoms with Crippen molar-refractivity contribution in [3.05, 3.63) is 29.5 Å². The first-order valence-electron chi connectivity index (χ1n) is 7.59. The van der Waals surface area contributed by atoms with E-state index in [9.17, 15) is 0 Å². The van der Waals surface area contributed by atoms with Gasteiger partial charge in [-0.1, -0.05) is 38.0 Å². The SMILES string of the molecule is CCCCNc1nc(N)ncc1OCC1=CC=C(CC)C1. The summed E-state index contributed by atoms with van der Waals surface area (Å²) < 4.78 is 5.85. The molecule has 5 heteroatoms. The smallest absolute Gasteiger partial charge is 0.222 e. The first-order valence-corrected chi connectivity index (χ1v) is 7.59. The number of nitrogens with one attached hydrogen (secondary N) is 1. The Labute approximate surface area is 126 Å². The lowest BCUT2D eigenvalue weighted by Crippen LogP contribution is -2.09. The van der Waals surface area contributed by atoms with Crippen molar-refractivity contribution >= 4 is 11.8 Å². The van der Waals surface area contributed by atoms with Crippen LogP contribution in [0.3, 0.4) is 0 Å². The molecular formula is C16H24N4O. The maximum Gasteiger partial charge on any atom is 0.222 e. The van der Waals surface area contributed by atoms with Crippen LogP contribution in [0.5, 0.6) is 5.75 Å². The third-order valence-electron chi connectivity index (χ3n) is 3.47. The summed E-state index contributed by atoms with van der Waals surface area (Å²) in [6.45, 7) is 5.74. The molecule has 0 radical (unpaired) electrons. The number of hydrogen-bond acceptors (Lipinski definition) is 5. The summed E-state index contributed by atoms with van der Waals surface area (Å²) in [6, 6.07) is 0. The van der Waals surface area contributed by atoms with Gasteiger partial charge in [0, 0.05) is 6.54 Å². The zero-order valence-corrected chi connectivity index (χ0v) is 12.9. The number of hydrogen-bond donors (Lipinski definition) is 2. The first kappa shape index (κ1) is 15.4. The number of nitrogen functional groups attached to an aromatic ring is 1. The fraction of sp³-hybridized carbons (Fsp3) is 0.500. The standard InChI is InChI=1S/C16H24N4O/c1-3-5-8-18-15-14(10-19-16(17)20-15)21-11-13-7-6-12(4-2)9-13/h6-7,10H,3-5,8-9,11H2,1-2H3,(H3,17,18,19,20). The summed E-state index contributed by atoms with van der Waals surface area (Å²) in [6.07, 6.45) is 10.3. The average molecular weight is 288 g/mol. The third kappa shape index (κ3) is 4.48. The second-order valence-electron chi connectivity index (χ2n) is 5.19. The van der Waals surface area contributed by atoms with E-state index in [0.29, 0.717) is 18.2 Å². The number of ether oxygens (including phenoxy) is 1. The van der Waals surface area contributed by atoms with E-state index in [1.54, 1.807) is 6.20 Å². The molecule has 114 valence electrons. The van der Waals surface area contributed by atoms with Crippen LogP contribution in [-0.2, 0) is 0 Å². The normalized spacial score (nSPS) is 13.8. The van der Waals surface area contributed by atoms with Crippen molar-refractivity contribution in [3.63, 3.8) is 0 Å². The van der Waals surface area contributed by atoms with Crippen LogP contribution in [0.4, 0.5) is 11.8 Å². The molecule has 3 N–H and O–H groups in total. The van der Waals surface area contributed by atoms with Crippen LogP contribution in [0.15, 0.2) is 29.5 Å². The summed E-state index contributed by atoms with van der Waals surface area (Å²) in [5, 5.41) is 3.26. The molecule has 1 aliphatic rings. The molecular weight excluding hydrogens is 264 g/mol. The largest absolute Gasteiger partial charge is 0.484 e. The number of allylic oxidation sites excluding steroid dienone is 3. The van der Waals surface area contributed by atoms with Crippen LogP contribution in [0.1, 0.15) is 39.5 Å². The van der Waals surface area contributed by atoms with E-state index in [-0.39, 0.29) is 5.95 Å². The lowest BCUT2D eigenvalue weighted by atomic mass is 10.1. The van der Waals surface area contributed by atoms with Gasteiger partial charge in [0.15, 0.2) is 11.6 Å². The van der Waals surface area contributed by atoms with Crippen molar-refractivity contribution < 1.29 is 4.74 Å². The minimum Gasteiger partial charge on any atom is -0.484 e. The minimum atomic E-state index is 0.261. The molecule has 0 amide bonds. The van der Waals surface area contributed by atoms with Crippen LogP contribution in [-0.4, -0.2) is 23.1 Å². The van der Waals surface area contributed by atoms with Gasteiger partial charge in [0.1, 0.15) is 6.61 Å². The molecule has 1 heterocycles. The fourth-order valence-electron chi connectivity index (χ4n) is 2.16. The second kappa shape index (κ2) is 7.67. The number of nitrogens with zero attached hydrogens (tertiary/aromatic N) is 2. The predicted molar refractivity (Wildman–Crippen MR) is 86.4 cm³/mol. The van der Waals surface area contributed by atoms with Gasteiger partial charge in [-0.25, -0.2) is 4.98 Å². The highest BCUT2D eigenvalue weighted by molar-refractivity contribution is 5.51. The van der Waals surface area contributed by atoms with Gasteiger partial charge in [0.05, 0.1) is 6.20 Å². The van der Waals surface area contributed by atoms with Gasteiger partial charge < -0.3 is 15.8 Å². The first-order chi connectivity index (χ1) is 10.2. The van der Waals surface area contributed by atoms with Crippen LogP contribution in [0.2, 0.25) is 0 Å². The molecule has 1 aliphatic carbocycles. The van der Waals surface area contributed by atoms with Crippen molar-refractivity contribution in [3.8, 4) is 5.75 Å². The predicted octanol–water partition coefficient (Wildman–Crippen LogP) is 3.32. The van der Waals surface area contributed by atoms with Crippen LogP contribution >= 0.6 is 0 Å². The maximum atomic E-state index is 5.85. The highest BCUT2D eigenvalue weighted by Crippen LogP contribution is 2.25. The van der Waals surface area contributed by atoms with Gasteiger partial charge in [-0.2, -0.15) is 4.98 Å². The molecule has 5 nitrogen and oxygen atoms in total. The van der Waals surface area contributed by atoms with Gasteiger partial charge in [-0.15, -0.1) is 0 Å². The molecule has 0 atom stereocenters. The highest BCUT2D eigenvalue weighted by Gasteiger charge is 2.11. The molecule has 1 aromatic heterocycles. The second-order valence-corrected chi connectivity index (χ2v) is 5.19. The van der Waals surface area contributed by atoms with Gasteiger partial charge in [-0.3, -0.25) is 0 Å². The van der Waals surface area contributed by atoms with Gasteiger partial charge in [0.2, 0.25) is 5.95 Å². The average Bonchev–Trinajstić information content (AvgIpc) is 2.95. The molecule has 0 saturated carbocycles. The highest BCUT2D eigenvalue weighted by atomic mass is 16.5. The van der Waals surface area contributed by atoms with Gasteiger partial charge in [0.25, 0.3) is 0 Å². The van der Waals surface area contributed by atoms with E-state index in [4.69, 9.17) is 10.5 Å². The lowest BCUT2D eigenvalue weighted by molar-refractivity contribution is 0.348. The number of aromatic nitrogens is 2. The van der Waals surface area contributed by atoms with Crippen LogP contribution in [0.25, 0.3) is 0 Å². The lowest BCUT2D eigenvalue weighted by Gasteiger charge is -2.13. The molecule has 0 spiro atoms. The zero-order chi connectivity index (χ0) is 15.1. The fourth-order valence-corrected chi connectivity index (χ4v) is 2.16. The quantitative estimate of drug-likeness (QED) is 0.718. The summed E-state index contributed by atoms with van der Waals surface area (Å²) in [5.41, 5.74) is 8.38. The zero-order valence-electron chi connectivity index (χ0n) is 12.9. The van der Waals surface area contributed by atoms with E-state index in [2.05, 4.69) is 41.3 Å². The van der Waals surface area contributed by atoms with Crippen LogP contribution < -0.4 is 15.8 Å². The molecule has 21 heavy (non-hydrogen) atoms. The molecule has 0 bridgehead atoms. The molecule has 0 saturated heterocycles. The van der Waals surface area contributed by atoms with E-state index in [1.807, 2.05) is 0 Å². The monoisotopic (exact) mass is 288 g/mol. The Morgan fingerprint density at radius 1 is 1.29 bits per heavy atom. The summed E-state index contributed by atoms with van der Waals surface area (Å²) >= 11 is 0. The molecule has 0 aliphatic heterocycles. The van der Waals surface area contributed by atoms with E-state index < -0.39 is 0 Å². The maximum absolute atomic E-state index is 5.85. The molecule has 0 unspecified atom stereocenters. The summed E-state index contributed by atoms with van der Waals surface area (Å²) in [4.78, 5) is 8.23. The Bertz CT molecular complexity index is 537. The minimum absolute atomic E-state index is 0.261. The Morgan fingerprint density at radius 2 is 2.10 bits per heavy atom. The molecule has 0 aromatic carbocycles. The number of nitrogens with two attached hydrogens (primary N) is 1.